The number of likely N-dealkylation sites (N-methyl/N-ethyl adjacent to an activating group) is 1. The van der Waals surface area contributed by atoms with Gasteiger partial charge in [0.1, 0.15) is 6.54 Å². The number of hydrogen-bond donors (Lipinski definition) is 3. The smallest absolute Gasteiger partial charge is 0.240 e. The summed E-state index contributed by atoms with van der Waals surface area (Å²) in [6, 6.07) is 9.95. The molecule has 1 aromatic carbocycles. The van der Waals surface area contributed by atoms with Gasteiger partial charge < -0.3 is 20.3 Å². The predicted molar refractivity (Wildman–Crippen MR) is 101 cm³/mol. The average Bonchev–Trinajstić information content (AvgIpc) is 3.02. The number of imidazole rings is 1. The van der Waals surface area contributed by atoms with Crippen LogP contribution in [0.4, 0.5) is 0 Å². The molecule has 0 bridgehead atoms. The number of rotatable bonds is 10. The maximum absolute atomic E-state index is 12.0. The Morgan fingerprint density at radius 3 is 2.65 bits per heavy atom. The first-order valence-electron chi connectivity index (χ1n) is 8.49. The Bertz CT molecular complexity index is 718. The van der Waals surface area contributed by atoms with Gasteiger partial charge in [0.05, 0.1) is 24.3 Å². The number of amides is 2. The van der Waals surface area contributed by atoms with E-state index in [9.17, 15) is 14.7 Å². The molecule has 2 amide bonds. The highest BCUT2D eigenvalue weighted by Gasteiger charge is 2.14. The van der Waals surface area contributed by atoms with Gasteiger partial charge in [-0.25, -0.2) is 4.98 Å². The van der Waals surface area contributed by atoms with Gasteiger partial charge in [-0.3, -0.25) is 9.59 Å². The first-order chi connectivity index (χ1) is 12.6. The second-order valence-corrected chi connectivity index (χ2v) is 6.55. The lowest BCUT2D eigenvalue weighted by Gasteiger charge is -2.10. The number of nitrogens with zero attached hydrogens (tertiary/aromatic N) is 2. The van der Waals surface area contributed by atoms with Gasteiger partial charge in [-0.05, 0) is 18.9 Å². The fraction of sp³-hybridized carbons (Fsp3) is 0.389. The molecule has 0 fully saturated rings. The third-order valence-corrected chi connectivity index (χ3v) is 4.64. The summed E-state index contributed by atoms with van der Waals surface area (Å²) in [6.07, 6.45) is 2.30. The first kappa shape index (κ1) is 20.0. The van der Waals surface area contributed by atoms with Gasteiger partial charge in [0.2, 0.25) is 11.8 Å². The highest BCUT2D eigenvalue weighted by atomic mass is 32.2. The summed E-state index contributed by atoms with van der Waals surface area (Å²) >= 11 is 1.25. The molecule has 7 nitrogen and oxygen atoms in total. The third kappa shape index (κ3) is 6.20. The number of aromatic nitrogens is 2. The molecule has 2 aromatic rings. The molecule has 0 saturated carbocycles. The molecule has 3 N–H and O–H groups in total. The number of aliphatic hydroxyl groups is 1. The molecular weight excluding hydrogens is 352 g/mol. The third-order valence-electron chi connectivity index (χ3n) is 3.65. The number of carbonyl (C=O) groups is 2. The van der Waals surface area contributed by atoms with Crippen molar-refractivity contribution < 1.29 is 14.7 Å². The van der Waals surface area contributed by atoms with Gasteiger partial charge in [-0.1, -0.05) is 42.1 Å². The van der Waals surface area contributed by atoms with E-state index in [1.807, 2.05) is 37.3 Å². The Hall–Kier alpha value is -2.32. The molecule has 0 radical (unpaired) electrons. The Labute approximate surface area is 157 Å². The van der Waals surface area contributed by atoms with Crippen molar-refractivity contribution in [2.75, 3.05) is 18.8 Å². The second-order valence-electron chi connectivity index (χ2n) is 5.60. The van der Waals surface area contributed by atoms with E-state index < -0.39 is 0 Å². The first-order valence-corrected chi connectivity index (χ1v) is 9.48. The van der Waals surface area contributed by atoms with Crippen LogP contribution in [0, 0.1) is 0 Å². The largest absolute Gasteiger partial charge is 0.390 e. The zero-order chi connectivity index (χ0) is 18.8. The van der Waals surface area contributed by atoms with Crippen molar-refractivity contribution in [2.45, 2.75) is 31.7 Å². The van der Waals surface area contributed by atoms with Crippen molar-refractivity contribution >= 4 is 23.6 Å². The number of aliphatic hydroxyl groups excluding tert-OH is 1. The topological polar surface area (TPSA) is 96.2 Å². The average molecular weight is 376 g/mol. The highest BCUT2D eigenvalue weighted by Crippen LogP contribution is 2.18. The van der Waals surface area contributed by atoms with E-state index in [1.165, 1.54) is 23.5 Å². The fourth-order valence-corrected chi connectivity index (χ4v) is 3.20. The summed E-state index contributed by atoms with van der Waals surface area (Å²) in [5, 5.41) is 15.5. The van der Waals surface area contributed by atoms with Crippen molar-refractivity contribution in [3.05, 3.63) is 47.8 Å². The van der Waals surface area contributed by atoms with Crippen LogP contribution in [0.15, 0.2) is 41.7 Å². The zero-order valence-corrected chi connectivity index (χ0v) is 15.6. The van der Waals surface area contributed by atoms with Crippen LogP contribution in [-0.2, 0) is 29.2 Å². The lowest BCUT2D eigenvalue weighted by molar-refractivity contribution is -0.121. The maximum atomic E-state index is 12.0. The van der Waals surface area contributed by atoms with E-state index in [1.54, 1.807) is 4.57 Å². The number of nitrogens with one attached hydrogen (secondary N) is 2. The summed E-state index contributed by atoms with van der Waals surface area (Å²) in [7, 11) is 0. The molecule has 0 saturated heterocycles. The second kappa shape index (κ2) is 10.6. The molecule has 8 heteroatoms. The molecule has 0 spiro atoms. The van der Waals surface area contributed by atoms with Crippen molar-refractivity contribution in [1.29, 1.82) is 0 Å². The van der Waals surface area contributed by atoms with Crippen LogP contribution in [0.25, 0.3) is 0 Å². The quantitative estimate of drug-likeness (QED) is 0.537. The van der Waals surface area contributed by atoms with E-state index in [0.29, 0.717) is 23.9 Å². The molecule has 0 aliphatic carbocycles. The van der Waals surface area contributed by atoms with Gasteiger partial charge in [0.15, 0.2) is 5.16 Å². The van der Waals surface area contributed by atoms with Crippen LogP contribution in [0.1, 0.15) is 18.2 Å². The maximum Gasteiger partial charge on any atom is 0.240 e. The minimum Gasteiger partial charge on any atom is -0.390 e. The Balaban J connectivity index is 1.83. The van der Waals surface area contributed by atoms with E-state index in [4.69, 9.17) is 0 Å². The lowest BCUT2D eigenvalue weighted by Crippen LogP contribution is -2.29. The van der Waals surface area contributed by atoms with Gasteiger partial charge >= 0.3 is 0 Å². The summed E-state index contributed by atoms with van der Waals surface area (Å²) < 4.78 is 1.63. The van der Waals surface area contributed by atoms with Gasteiger partial charge in [0, 0.05) is 13.1 Å². The molecule has 0 atom stereocenters. The predicted octanol–water partition coefficient (Wildman–Crippen LogP) is 0.962. The van der Waals surface area contributed by atoms with Crippen LogP contribution < -0.4 is 10.6 Å². The zero-order valence-electron chi connectivity index (χ0n) is 14.8. The minimum absolute atomic E-state index is 0.0711. The Morgan fingerprint density at radius 2 is 1.96 bits per heavy atom. The number of thioether (sulfide) groups is 1. The van der Waals surface area contributed by atoms with Gasteiger partial charge in [-0.2, -0.15) is 0 Å². The van der Waals surface area contributed by atoms with Crippen molar-refractivity contribution in [3.8, 4) is 0 Å². The Morgan fingerprint density at radius 1 is 1.19 bits per heavy atom. The van der Waals surface area contributed by atoms with Gasteiger partial charge in [0.25, 0.3) is 0 Å². The van der Waals surface area contributed by atoms with Crippen molar-refractivity contribution in [1.82, 2.24) is 20.2 Å². The summed E-state index contributed by atoms with van der Waals surface area (Å²) in [5.41, 5.74) is 1.72. The molecule has 0 unspecified atom stereocenters. The molecule has 2 rings (SSSR count). The van der Waals surface area contributed by atoms with Crippen LogP contribution in [0.5, 0.6) is 0 Å². The number of carbonyl (C=O) groups excluding carboxylic acids is 2. The molecule has 1 aromatic heterocycles. The van der Waals surface area contributed by atoms with E-state index in [-0.39, 0.29) is 30.7 Å². The van der Waals surface area contributed by atoms with Crippen LogP contribution in [0.2, 0.25) is 0 Å². The molecule has 1 heterocycles. The van der Waals surface area contributed by atoms with E-state index in [0.717, 1.165) is 6.42 Å². The molecule has 26 heavy (non-hydrogen) atoms. The van der Waals surface area contributed by atoms with Crippen molar-refractivity contribution in [2.24, 2.45) is 0 Å². The van der Waals surface area contributed by atoms with E-state index in [2.05, 4.69) is 15.6 Å². The standard InChI is InChI=1S/C18H24N4O3S/c1-2-19-16(24)11-22-15(12-23)10-21-18(22)26-13-17(25)20-9-8-14-6-4-3-5-7-14/h3-7,10,23H,2,8-9,11-13H2,1H3,(H,19,24)(H,20,25). The van der Waals surface area contributed by atoms with Crippen molar-refractivity contribution in [3.63, 3.8) is 0 Å². The van der Waals surface area contributed by atoms with Crippen LogP contribution >= 0.6 is 11.8 Å². The molecule has 0 aliphatic heterocycles. The Kier molecular flexibility index (Phi) is 8.17. The molecule has 140 valence electrons. The number of benzene rings is 1. The summed E-state index contributed by atoms with van der Waals surface area (Å²) in [6.45, 7) is 2.80. The minimum atomic E-state index is -0.212. The lowest BCUT2D eigenvalue weighted by atomic mass is 10.1. The summed E-state index contributed by atoms with van der Waals surface area (Å²) in [4.78, 5) is 28.0. The molecular formula is C18H24N4O3S. The SMILES string of the molecule is CCNC(=O)Cn1c(CO)cnc1SCC(=O)NCCc1ccccc1. The molecule has 0 aliphatic rings. The van der Waals surface area contributed by atoms with Gasteiger partial charge in [-0.15, -0.1) is 0 Å². The van der Waals surface area contributed by atoms with E-state index >= 15 is 0 Å². The highest BCUT2D eigenvalue weighted by molar-refractivity contribution is 7.99. The normalized spacial score (nSPS) is 10.5. The summed E-state index contributed by atoms with van der Waals surface area (Å²) in [5.74, 6) is -0.0510. The van der Waals surface area contributed by atoms with Crippen LogP contribution in [0.3, 0.4) is 0 Å². The monoisotopic (exact) mass is 376 g/mol. The number of hydrogen-bond acceptors (Lipinski definition) is 5. The van der Waals surface area contributed by atoms with Crippen LogP contribution in [-0.4, -0.2) is 45.3 Å². The fourth-order valence-electron chi connectivity index (χ4n) is 2.37.